The zero-order valence-corrected chi connectivity index (χ0v) is 14.5. The van der Waals surface area contributed by atoms with E-state index in [1.807, 2.05) is 24.3 Å². The summed E-state index contributed by atoms with van der Waals surface area (Å²) in [6, 6.07) is 10.8. The average Bonchev–Trinajstić information content (AvgIpc) is 2.65. The van der Waals surface area contributed by atoms with E-state index >= 15 is 0 Å². The molecule has 2 heterocycles. The molecule has 6 heteroatoms. The first-order valence-electron chi connectivity index (χ1n) is 8.34. The molecule has 25 heavy (non-hydrogen) atoms. The van der Waals surface area contributed by atoms with Crippen LogP contribution < -0.4 is 15.0 Å². The van der Waals surface area contributed by atoms with Gasteiger partial charge in [0.2, 0.25) is 0 Å². The van der Waals surface area contributed by atoms with E-state index in [0.717, 1.165) is 24.3 Å². The Balaban J connectivity index is 1.58. The van der Waals surface area contributed by atoms with Crippen LogP contribution in [0.3, 0.4) is 0 Å². The van der Waals surface area contributed by atoms with Gasteiger partial charge in [0.15, 0.2) is 0 Å². The first-order chi connectivity index (χ1) is 12.1. The highest BCUT2D eigenvalue weighted by molar-refractivity contribution is 5.93. The predicted molar refractivity (Wildman–Crippen MR) is 94.2 cm³/mol. The summed E-state index contributed by atoms with van der Waals surface area (Å²) in [6.45, 7) is 1.16. The van der Waals surface area contributed by atoms with Crippen molar-refractivity contribution in [3.63, 3.8) is 0 Å². The van der Waals surface area contributed by atoms with Crippen molar-refractivity contribution in [3.05, 3.63) is 58.5 Å². The maximum absolute atomic E-state index is 12.6. The lowest BCUT2D eigenvalue weighted by Gasteiger charge is -2.32. The van der Waals surface area contributed by atoms with E-state index in [9.17, 15) is 9.59 Å². The minimum absolute atomic E-state index is 0.0658. The van der Waals surface area contributed by atoms with Crippen molar-refractivity contribution in [2.75, 3.05) is 20.2 Å². The standard InChI is InChI=1S/C19H22N2O4/c1-20-11-3-4-17(18(20)22)19(23)21-12-9-16(10-13-21)25-15-7-5-14(24-2)6-8-15/h3-8,11,16H,9-10,12-13H2,1-2H3. The summed E-state index contributed by atoms with van der Waals surface area (Å²) >= 11 is 0. The molecule has 1 saturated heterocycles. The van der Waals surface area contributed by atoms with Crippen LogP contribution in [0.15, 0.2) is 47.4 Å². The topological polar surface area (TPSA) is 60.8 Å². The Kier molecular flexibility index (Phi) is 5.07. The molecule has 1 aliphatic heterocycles. The quantitative estimate of drug-likeness (QED) is 0.853. The van der Waals surface area contributed by atoms with E-state index in [1.165, 1.54) is 4.57 Å². The van der Waals surface area contributed by atoms with Gasteiger partial charge in [0.1, 0.15) is 23.2 Å². The molecule has 0 spiro atoms. The number of aromatic nitrogens is 1. The van der Waals surface area contributed by atoms with Gasteiger partial charge in [-0.05, 0) is 36.4 Å². The second kappa shape index (κ2) is 7.42. The number of aryl methyl sites for hydroxylation is 1. The fraction of sp³-hybridized carbons (Fsp3) is 0.368. The Labute approximate surface area is 146 Å². The molecule has 0 N–H and O–H groups in total. The van der Waals surface area contributed by atoms with E-state index in [0.29, 0.717) is 13.1 Å². The van der Waals surface area contributed by atoms with Crippen molar-refractivity contribution in [3.8, 4) is 11.5 Å². The molecule has 1 aromatic heterocycles. The Morgan fingerprint density at radius 3 is 2.36 bits per heavy atom. The lowest BCUT2D eigenvalue weighted by Crippen LogP contribution is -2.43. The minimum atomic E-state index is -0.260. The maximum atomic E-state index is 12.6. The van der Waals surface area contributed by atoms with Gasteiger partial charge in [0, 0.05) is 39.2 Å². The molecule has 0 radical (unpaired) electrons. The molecule has 2 aromatic rings. The molecule has 0 aliphatic carbocycles. The molecule has 1 aromatic carbocycles. The molecule has 0 bridgehead atoms. The van der Waals surface area contributed by atoms with Crippen LogP contribution >= 0.6 is 0 Å². The number of carbonyl (C=O) groups is 1. The van der Waals surface area contributed by atoms with Crippen LogP contribution in [0.1, 0.15) is 23.2 Å². The summed E-state index contributed by atoms with van der Waals surface area (Å²) in [5.41, 5.74) is -0.0383. The first-order valence-corrected chi connectivity index (χ1v) is 8.34. The Hall–Kier alpha value is -2.76. The van der Waals surface area contributed by atoms with Crippen molar-refractivity contribution in [2.24, 2.45) is 7.05 Å². The van der Waals surface area contributed by atoms with Gasteiger partial charge in [-0.1, -0.05) is 0 Å². The van der Waals surface area contributed by atoms with E-state index in [4.69, 9.17) is 9.47 Å². The van der Waals surface area contributed by atoms with Crippen LogP contribution in [-0.4, -0.2) is 41.7 Å². The van der Waals surface area contributed by atoms with Gasteiger partial charge in [-0.25, -0.2) is 0 Å². The van der Waals surface area contributed by atoms with Gasteiger partial charge in [-0.3, -0.25) is 9.59 Å². The Morgan fingerprint density at radius 2 is 1.72 bits per heavy atom. The van der Waals surface area contributed by atoms with Gasteiger partial charge < -0.3 is 18.9 Å². The van der Waals surface area contributed by atoms with Crippen LogP contribution in [0.5, 0.6) is 11.5 Å². The fourth-order valence-corrected chi connectivity index (χ4v) is 2.95. The third-order valence-corrected chi connectivity index (χ3v) is 4.45. The van der Waals surface area contributed by atoms with Gasteiger partial charge in [0.05, 0.1) is 7.11 Å². The summed E-state index contributed by atoms with van der Waals surface area (Å²) in [6.07, 6.45) is 3.19. The molecule has 1 fully saturated rings. The smallest absolute Gasteiger partial charge is 0.263 e. The highest BCUT2D eigenvalue weighted by Gasteiger charge is 2.26. The number of pyridine rings is 1. The molecule has 6 nitrogen and oxygen atoms in total. The van der Waals surface area contributed by atoms with Gasteiger partial charge in [-0.15, -0.1) is 0 Å². The zero-order chi connectivity index (χ0) is 17.8. The Morgan fingerprint density at radius 1 is 1.08 bits per heavy atom. The predicted octanol–water partition coefficient (Wildman–Crippen LogP) is 2.08. The SMILES string of the molecule is COc1ccc(OC2CCN(C(=O)c3cccn(C)c3=O)CC2)cc1. The number of methoxy groups -OCH3 is 1. The zero-order valence-electron chi connectivity index (χ0n) is 14.5. The number of ether oxygens (including phenoxy) is 2. The number of amides is 1. The number of rotatable bonds is 4. The van der Waals surface area contributed by atoms with E-state index < -0.39 is 0 Å². The molecular weight excluding hydrogens is 320 g/mol. The number of piperidine rings is 1. The second-order valence-corrected chi connectivity index (χ2v) is 6.12. The van der Waals surface area contributed by atoms with Crippen LogP contribution in [-0.2, 0) is 7.05 Å². The minimum Gasteiger partial charge on any atom is -0.497 e. The second-order valence-electron chi connectivity index (χ2n) is 6.12. The van der Waals surface area contributed by atoms with Crippen LogP contribution in [0.2, 0.25) is 0 Å². The summed E-state index contributed by atoms with van der Waals surface area (Å²) < 4.78 is 12.5. The van der Waals surface area contributed by atoms with E-state index in [2.05, 4.69) is 0 Å². The number of hydrogen-bond acceptors (Lipinski definition) is 4. The molecule has 0 saturated carbocycles. The summed E-state index contributed by atoms with van der Waals surface area (Å²) in [4.78, 5) is 26.4. The van der Waals surface area contributed by atoms with Crippen molar-refractivity contribution in [1.29, 1.82) is 0 Å². The molecule has 1 amide bonds. The highest BCUT2D eigenvalue weighted by Crippen LogP contribution is 2.22. The summed E-state index contributed by atoms with van der Waals surface area (Å²) in [5.74, 6) is 1.38. The van der Waals surface area contributed by atoms with Crippen LogP contribution in [0.25, 0.3) is 0 Å². The lowest BCUT2D eigenvalue weighted by atomic mass is 10.1. The third kappa shape index (κ3) is 3.84. The fourth-order valence-electron chi connectivity index (χ4n) is 2.95. The lowest BCUT2D eigenvalue weighted by molar-refractivity contribution is 0.0593. The number of benzene rings is 1. The molecule has 1 aliphatic rings. The number of likely N-dealkylation sites (tertiary alicyclic amines) is 1. The number of nitrogens with zero attached hydrogens (tertiary/aromatic N) is 2. The summed E-state index contributed by atoms with van der Waals surface area (Å²) in [5, 5.41) is 0. The number of carbonyl (C=O) groups excluding carboxylic acids is 1. The van der Waals surface area contributed by atoms with Crippen molar-refractivity contribution in [1.82, 2.24) is 9.47 Å². The third-order valence-electron chi connectivity index (χ3n) is 4.45. The molecule has 0 atom stereocenters. The largest absolute Gasteiger partial charge is 0.497 e. The monoisotopic (exact) mass is 342 g/mol. The van der Waals surface area contributed by atoms with E-state index in [1.54, 1.807) is 37.4 Å². The number of hydrogen-bond donors (Lipinski definition) is 0. The van der Waals surface area contributed by atoms with Gasteiger partial charge >= 0.3 is 0 Å². The Bertz CT molecular complexity index is 790. The molecular formula is C19H22N2O4. The van der Waals surface area contributed by atoms with Crippen molar-refractivity contribution >= 4 is 5.91 Å². The summed E-state index contributed by atoms with van der Waals surface area (Å²) in [7, 11) is 3.27. The molecule has 3 rings (SSSR count). The van der Waals surface area contributed by atoms with Crippen molar-refractivity contribution < 1.29 is 14.3 Å². The van der Waals surface area contributed by atoms with Gasteiger partial charge in [-0.2, -0.15) is 0 Å². The first kappa shape index (κ1) is 17.1. The maximum Gasteiger partial charge on any atom is 0.263 e. The van der Waals surface area contributed by atoms with Crippen molar-refractivity contribution in [2.45, 2.75) is 18.9 Å². The average molecular weight is 342 g/mol. The van der Waals surface area contributed by atoms with Crippen LogP contribution in [0.4, 0.5) is 0 Å². The molecule has 0 unspecified atom stereocenters. The van der Waals surface area contributed by atoms with E-state index in [-0.39, 0.29) is 23.1 Å². The molecule has 132 valence electrons. The highest BCUT2D eigenvalue weighted by atomic mass is 16.5. The normalized spacial score (nSPS) is 15.0. The van der Waals surface area contributed by atoms with Gasteiger partial charge in [0.25, 0.3) is 11.5 Å². The van der Waals surface area contributed by atoms with Crippen LogP contribution in [0, 0.1) is 0 Å².